The molecule has 14 heteroatoms. The largest absolute Gasteiger partial charge is 0.394 e. The fourth-order valence-corrected chi connectivity index (χ4v) is 3.14. The molecule has 164 valence electrons. The van der Waals surface area contributed by atoms with Crippen molar-refractivity contribution in [1.29, 1.82) is 0 Å². The van der Waals surface area contributed by atoms with Crippen LogP contribution in [0, 0.1) is 0 Å². The van der Waals surface area contributed by atoms with Crippen molar-refractivity contribution < 1.29 is 49.2 Å². The summed E-state index contributed by atoms with van der Waals surface area (Å²) in [5, 5.41) is 58.6. The molecule has 2 aliphatic heterocycles. The zero-order valence-corrected chi connectivity index (χ0v) is 14.7. The number of H-pyrrole nitrogens is 1. The number of halogens is 1. The van der Waals surface area contributed by atoms with Gasteiger partial charge >= 0.3 is 5.69 Å². The van der Waals surface area contributed by atoms with E-state index < -0.39 is 79.5 Å². The van der Waals surface area contributed by atoms with Crippen molar-refractivity contribution in [1.82, 2.24) is 9.55 Å². The molecule has 3 rings (SSSR count). The second-order valence-corrected chi connectivity index (χ2v) is 6.67. The van der Waals surface area contributed by atoms with Crippen molar-refractivity contribution in [3.63, 3.8) is 0 Å². The third-order valence-electron chi connectivity index (χ3n) is 4.77. The Hall–Kier alpha value is -1.75. The van der Waals surface area contributed by atoms with E-state index in [9.17, 15) is 39.5 Å². The summed E-state index contributed by atoms with van der Waals surface area (Å²) in [5.41, 5.74) is -1.69. The highest BCUT2D eigenvalue weighted by Crippen LogP contribution is 2.33. The summed E-state index contributed by atoms with van der Waals surface area (Å²) in [6, 6.07) is 0.953. The predicted octanol–water partition coefficient (Wildman–Crippen LogP) is -4.73. The van der Waals surface area contributed by atoms with Gasteiger partial charge in [-0.3, -0.25) is 14.3 Å². The first-order chi connectivity index (χ1) is 13.6. The van der Waals surface area contributed by atoms with Crippen LogP contribution in [0.2, 0.25) is 0 Å². The van der Waals surface area contributed by atoms with Gasteiger partial charge in [-0.05, 0) is 0 Å². The number of ether oxygens (including phenoxy) is 3. The molecule has 0 aliphatic carbocycles. The Morgan fingerprint density at radius 1 is 1.07 bits per heavy atom. The standard InChI is InChI=1S/C15H21FN2O11/c16-12(29-14-10(25)7(22)6(21)4(3-19)27-14)11-8(23)9(24)13(28-11)18-2-1-5(20)17-15(18)26/h1-2,4,6-14,19,21-25H,3H2,(H,17,20,26)/t4-,6+,7+,8+,9-,10-,11+,12-,13-,14+/m1/s1. The average molecular weight is 424 g/mol. The lowest BCUT2D eigenvalue weighted by Gasteiger charge is -2.40. The van der Waals surface area contributed by atoms with E-state index >= 15 is 0 Å². The van der Waals surface area contributed by atoms with Gasteiger partial charge in [-0.15, -0.1) is 0 Å². The Labute approximate surface area is 161 Å². The summed E-state index contributed by atoms with van der Waals surface area (Å²) in [5.74, 6) is 0. The fraction of sp³-hybridized carbons (Fsp3) is 0.733. The maximum Gasteiger partial charge on any atom is 0.330 e. The lowest BCUT2D eigenvalue weighted by molar-refractivity contribution is -0.334. The third-order valence-corrected chi connectivity index (χ3v) is 4.77. The minimum atomic E-state index is -2.52. The van der Waals surface area contributed by atoms with Gasteiger partial charge in [0.05, 0.1) is 6.61 Å². The summed E-state index contributed by atoms with van der Waals surface area (Å²) in [7, 11) is 0. The molecule has 0 unspecified atom stereocenters. The van der Waals surface area contributed by atoms with Crippen LogP contribution in [0.5, 0.6) is 0 Å². The van der Waals surface area contributed by atoms with Crippen molar-refractivity contribution in [3.05, 3.63) is 33.1 Å². The molecule has 1 aromatic rings. The van der Waals surface area contributed by atoms with E-state index in [1.165, 1.54) is 0 Å². The van der Waals surface area contributed by atoms with Crippen LogP contribution in [-0.2, 0) is 14.2 Å². The normalized spacial score (nSPS) is 41.4. The molecule has 7 N–H and O–H groups in total. The quantitative estimate of drug-likeness (QED) is 0.239. The summed E-state index contributed by atoms with van der Waals surface area (Å²) in [6.45, 7) is -0.764. The van der Waals surface area contributed by atoms with Crippen LogP contribution >= 0.6 is 0 Å². The van der Waals surface area contributed by atoms with Gasteiger partial charge in [-0.1, -0.05) is 0 Å². The number of hydrogen-bond donors (Lipinski definition) is 7. The van der Waals surface area contributed by atoms with E-state index in [0.29, 0.717) is 0 Å². The average Bonchev–Trinajstić information content (AvgIpc) is 2.97. The van der Waals surface area contributed by atoms with Crippen molar-refractivity contribution in [2.45, 2.75) is 61.6 Å². The van der Waals surface area contributed by atoms with E-state index in [2.05, 4.69) is 0 Å². The van der Waals surface area contributed by atoms with Crippen molar-refractivity contribution in [2.24, 2.45) is 0 Å². The summed E-state index contributed by atoms with van der Waals surface area (Å²) in [6.07, 6.45) is -17.2. The number of nitrogens with one attached hydrogen (secondary N) is 1. The summed E-state index contributed by atoms with van der Waals surface area (Å²) in [4.78, 5) is 24.9. The predicted molar refractivity (Wildman–Crippen MR) is 87.0 cm³/mol. The lowest BCUT2D eigenvalue weighted by Crippen LogP contribution is -2.60. The topological polar surface area (TPSA) is 204 Å². The van der Waals surface area contributed by atoms with Gasteiger partial charge in [-0.2, -0.15) is 0 Å². The van der Waals surface area contributed by atoms with Crippen molar-refractivity contribution in [3.8, 4) is 0 Å². The molecule has 1 aromatic heterocycles. The van der Waals surface area contributed by atoms with Gasteiger partial charge in [0.15, 0.2) is 12.5 Å². The number of aromatic nitrogens is 2. The minimum Gasteiger partial charge on any atom is -0.394 e. The van der Waals surface area contributed by atoms with Gasteiger partial charge in [0, 0.05) is 12.3 Å². The fourth-order valence-electron chi connectivity index (χ4n) is 3.14. The lowest BCUT2D eigenvalue weighted by atomic mass is 9.99. The van der Waals surface area contributed by atoms with Crippen LogP contribution in [0.15, 0.2) is 21.9 Å². The molecule has 0 spiro atoms. The third kappa shape index (κ3) is 4.11. The molecule has 10 atom stereocenters. The van der Waals surface area contributed by atoms with E-state index in [-0.39, 0.29) is 0 Å². The molecule has 0 amide bonds. The van der Waals surface area contributed by atoms with Gasteiger partial charge in [0.25, 0.3) is 5.56 Å². The Morgan fingerprint density at radius 2 is 1.76 bits per heavy atom. The zero-order valence-electron chi connectivity index (χ0n) is 14.7. The van der Waals surface area contributed by atoms with Gasteiger partial charge < -0.3 is 44.8 Å². The first-order valence-electron chi connectivity index (χ1n) is 8.58. The van der Waals surface area contributed by atoms with Crippen LogP contribution in [0.1, 0.15) is 6.23 Å². The molecular formula is C15H21FN2O11. The molecular weight excluding hydrogens is 403 g/mol. The minimum absolute atomic E-state index is 0.717. The summed E-state index contributed by atoms with van der Waals surface area (Å²) < 4.78 is 30.4. The van der Waals surface area contributed by atoms with Crippen LogP contribution in [0.3, 0.4) is 0 Å². The van der Waals surface area contributed by atoms with Crippen LogP contribution in [0.25, 0.3) is 0 Å². The van der Waals surface area contributed by atoms with Gasteiger partial charge in [0.2, 0.25) is 6.36 Å². The molecule has 0 saturated carbocycles. The number of alkyl halides is 1. The SMILES string of the molecule is O=c1ccn([C@@H]2O[C@H]([C@H](F)O[C@@H]3O[C@H](CO)[C@H](O)[C@H](O)[C@H]3O)[C@@H](O)[C@H]2O)c(=O)[nH]1. The smallest absolute Gasteiger partial charge is 0.330 e. The Morgan fingerprint density at radius 3 is 2.38 bits per heavy atom. The first-order valence-corrected chi connectivity index (χ1v) is 8.58. The highest BCUT2D eigenvalue weighted by molar-refractivity contribution is 4.95. The molecule has 2 saturated heterocycles. The van der Waals surface area contributed by atoms with Crippen LogP contribution < -0.4 is 11.2 Å². The number of nitrogens with zero attached hydrogens (tertiary/aromatic N) is 1. The van der Waals surface area contributed by atoms with Crippen molar-refractivity contribution in [2.75, 3.05) is 6.61 Å². The second-order valence-electron chi connectivity index (χ2n) is 6.67. The molecule has 29 heavy (non-hydrogen) atoms. The molecule has 3 heterocycles. The summed E-state index contributed by atoms with van der Waals surface area (Å²) >= 11 is 0. The molecule has 13 nitrogen and oxygen atoms in total. The van der Waals surface area contributed by atoms with E-state index in [0.717, 1.165) is 16.8 Å². The van der Waals surface area contributed by atoms with Crippen LogP contribution in [-0.4, -0.2) is 102 Å². The second kappa shape index (κ2) is 8.55. The Balaban J connectivity index is 1.73. The Bertz CT molecular complexity index is 816. The number of rotatable bonds is 5. The number of aromatic amines is 1. The van der Waals surface area contributed by atoms with Gasteiger partial charge in [-0.25, -0.2) is 9.18 Å². The van der Waals surface area contributed by atoms with E-state index in [1.807, 2.05) is 4.98 Å². The first kappa shape index (κ1) is 21.9. The van der Waals surface area contributed by atoms with E-state index in [1.54, 1.807) is 0 Å². The maximum absolute atomic E-state index is 14.6. The van der Waals surface area contributed by atoms with E-state index in [4.69, 9.17) is 19.3 Å². The maximum atomic E-state index is 14.6. The van der Waals surface area contributed by atoms with Crippen LogP contribution in [0.4, 0.5) is 4.39 Å². The highest BCUT2D eigenvalue weighted by atomic mass is 19.1. The van der Waals surface area contributed by atoms with Gasteiger partial charge in [0.1, 0.15) is 42.7 Å². The number of aliphatic hydroxyl groups is 6. The zero-order chi connectivity index (χ0) is 21.5. The molecule has 0 bridgehead atoms. The number of aliphatic hydroxyl groups excluding tert-OH is 6. The van der Waals surface area contributed by atoms with Crippen molar-refractivity contribution >= 4 is 0 Å². The number of hydrogen-bond acceptors (Lipinski definition) is 11. The molecule has 0 aromatic carbocycles. The molecule has 0 radical (unpaired) electrons. The highest BCUT2D eigenvalue weighted by Gasteiger charge is 2.51. The Kier molecular flexibility index (Phi) is 6.47. The molecule has 2 aliphatic rings. The molecule has 2 fully saturated rings. The monoisotopic (exact) mass is 424 g/mol.